The van der Waals surface area contributed by atoms with E-state index in [1.54, 1.807) is 6.20 Å². The largest absolute Gasteiger partial charge is 0.388 e. The molecule has 1 aromatic heterocycles. The van der Waals surface area contributed by atoms with Crippen molar-refractivity contribution in [3.8, 4) is 0 Å². The number of aromatic nitrogens is 2. The van der Waals surface area contributed by atoms with Crippen LogP contribution < -0.4 is 5.32 Å². The van der Waals surface area contributed by atoms with Crippen LogP contribution >= 0.6 is 0 Å². The number of hydrogen-bond acceptors (Lipinski definition) is 4. The van der Waals surface area contributed by atoms with Crippen LogP contribution in [0.1, 0.15) is 42.4 Å². The number of fused-ring (bicyclic) bond motifs is 1. The smallest absolute Gasteiger partial charge is 0.134 e. The van der Waals surface area contributed by atoms with Gasteiger partial charge >= 0.3 is 0 Å². The van der Waals surface area contributed by atoms with Crippen molar-refractivity contribution >= 4 is 5.57 Å². The van der Waals surface area contributed by atoms with Crippen molar-refractivity contribution < 1.29 is 5.11 Å². The van der Waals surface area contributed by atoms with Crippen LogP contribution in [0.25, 0.3) is 5.57 Å². The van der Waals surface area contributed by atoms with Crippen LogP contribution in [0.4, 0.5) is 0 Å². The highest BCUT2D eigenvalue weighted by Gasteiger charge is 2.26. The fourth-order valence-electron chi connectivity index (χ4n) is 4.31. The third-order valence-electron chi connectivity index (χ3n) is 5.84. The summed E-state index contributed by atoms with van der Waals surface area (Å²) in [5, 5.41) is 13.1. The monoisotopic (exact) mass is 378 g/mol. The Hall–Kier alpha value is -2.21. The van der Waals surface area contributed by atoms with Crippen molar-refractivity contribution in [2.75, 3.05) is 26.2 Å². The van der Waals surface area contributed by atoms with Gasteiger partial charge in [0.05, 0.1) is 6.04 Å². The third-order valence-corrected chi connectivity index (χ3v) is 5.84. The molecule has 0 radical (unpaired) electrons. The van der Waals surface area contributed by atoms with Crippen molar-refractivity contribution in [1.29, 1.82) is 0 Å². The summed E-state index contributed by atoms with van der Waals surface area (Å²) in [6, 6.07) is 7.26. The average Bonchev–Trinajstić information content (AvgIpc) is 3.13. The number of hydrogen-bond donors (Lipinski definition) is 2. The Morgan fingerprint density at radius 3 is 2.82 bits per heavy atom. The lowest BCUT2D eigenvalue weighted by Gasteiger charge is -2.34. The number of imidazole rings is 1. The van der Waals surface area contributed by atoms with E-state index in [0.717, 1.165) is 39.1 Å². The lowest BCUT2D eigenvalue weighted by Crippen LogP contribution is -2.44. The molecular formula is C23H30N4O. The molecule has 1 atom stereocenters. The maximum atomic E-state index is 9.61. The van der Waals surface area contributed by atoms with Crippen LogP contribution in [-0.2, 0) is 19.6 Å². The van der Waals surface area contributed by atoms with E-state index in [1.165, 1.54) is 27.8 Å². The van der Waals surface area contributed by atoms with Crippen molar-refractivity contribution in [2.45, 2.75) is 39.5 Å². The van der Waals surface area contributed by atoms with Gasteiger partial charge in [-0.25, -0.2) is 4.98 Å². The molecule has 4 rings (SSSR count). The Morgan fingerprint density at radius 1 is 1.25 bits per heavy atom. The fraction of sp³-hybridized carbons (Fsp3) is 0.435. The van der Waals surface area contributed by atoms with Gasteiger partial charge < -0.3 is 15.0 Å². The molecule has 0 amide bonds. The quantitative estimate of drug-likeness (QED) is 0.840. The molecule has 1 fully saturated rings. The van der Waals surface area contributed by atoms with Gasteiger partial charge in [-0.3, -0.25) is 4.90 Å². The number of aliphatic hydroxyl groups is 1. The topological polar surface area (TPSA) is 53.3 Å². The Bertz CT molecular complexity index is 890. The first-order chi connectivity index (χ1) is 13.7. The lowest BCUT2D eigenvalue weighted by atomic mass is 9.92. The van der Waals surface area contributed by atoms with E-state index in [-0.39, 0.29) is 6.61 Å². The predicted octanol–water partition coefficient (Wildman–Crippen LogP) is 2.93. The van der Waals surface area contributed by atoms with Gasteiger partial charge in [-0.05, 0) is 35.6 Å². The van der Waals surface area contributed by atoms with Crippen LogP contribution in [0.2, 0.25) is 0 Å². The summed E-state index contributed by atoms with van der Waals surface area (Å²) < 4.78 is 2.05. The van der Waals surface area contributed by atoms with Crippen molar-refractivity contribution in [3.05, 3.63) is 70.8 Å². The summed E-state index contributed by atoms with van der Waals surface area (Å²) in [5.41, 5.74) is 6.64. The fourth-order valence-corrected chi connectivity index (χ4v) is 4.31. The molecule has 1 aliphatic heterocycles. The second-order valence-electron chi connectivity index (χ2n) is 7.72. The molecule has 28 heavy (non-hydrogen) atoms. The predicted molar refractivity (Wildman–Crippen MR) is 113 cm³/mol. The Kier molecular flexibility index (Phi) is 5.76. The summed E-state index contributed by atoms with van der Waals surface area (Å²) >= 11 is 0. The number of nitrogens with zero attached hydrogens (tertiary/aromatic N) is 3. The first-order valence-electron chi connectivity index (χ1n) is 10.3. The highest BCUT2D eigenvalue weighted by Crippen LogP contribution is 2.36. The molecule has 2 aromatic rings. The molecule has 1 unspecified atom stereocenters. The minimum absolute atomic E-state index is 0.0413. The van der Waals surface area contributed by atoms with Crippen LogP contribution in [0.15, 0.2) is 48.3 Å². The van der Waals surface area contributed by atoms with Gasteiger partial charge in [0.1, 0.15) is 12.4 Å². The number of aliphatic hydroxyl groups excluding tert-OH is 1. The van der Waals surface area contributed by atoms with Crippen molar-refractivity contribution in [2.24, 2.45) is 0 Å². The number of rotatable bonds is 5. The molecule has 5 nitrogen and oxygen atoms in total. The van der Waals surface area contributed by atoms with E-state index in [2.05, 4.69) is 59.4 Å². The van der Waals surface area contributed by atoms with Gasteiger partial charge in [0.25, 0.3) is 0 Å². The second-order valence-corrected chi connectivity index (χ2v) is 7.72. The van der Waals surface area contributed by atoms with E-state index < -0.39 is 0 Å². The molecule has 0 spiro atoms. The van der Waals surface area contributed by atoms with Crippen LogP contribution in [0, 0.1) is 0 Å². The molecule has 0 saturated carbocycles. The lowest BCUT2D eigenvalue weighted by molar-refractivity contribution is 0.203. The summed E-state index contributed by atoms with van der Waals surface area (Å²) in [6.07, 6.45) is 9.45. The zero-order chi connectivity index (χ0) is 19.5. The highest BCUT2D eigenvalue weighted by molar-refractivity contribution is 5.73. The Labute approximate surface area is 167 Å². The minimum Gasteiger partial charge on any atom is -0.388 e. The first-order valence-corrected chi connectivity index (χ1v) is 10.3. The Balaban J connectivity index is 1.77. The summed E-state index contributed by atoms with van der Waals surface area (Å²) in [6.45, 7) is 9.29. The number of aryl methyl sites for hydroxylation is 1. The van der Waals surface area contributed by atoms with Gasteiger partial charge in [0, 0.05) is 45.1 Å². The van der Waals surface area contributed by atoms with E-state index in [0.29, 0.717) is 11.9 Å². The van der Waals surface area contributed by atoms with Crippen LogP contribution in [0.5, 0.6) is 0 Å². The minimum atomic E-state index is -0.0413. The molecule has 2 aliphatic rings. The molecule has 2 heterocycles. The number of piperazine rings is 1. The summed E-state index contributed by atoms with van der Waals surface area (Å²) in [7, 11) is 0. The van der Waals surface area contributed by atoms with Crippen molar-refractivity contribution in [1.82, 2.24) is 19.8 Å². The van der Waals surface area contributed by atoms with E-state index >= 15 is 0 Å². The van der Waals surface area contributed by atoms with Gasteiger partial charge in [-0.15, -0.1) is 0 Å². The Morgan fingerprint density at radius 2 is 2.07 bits per heavy atom. The summed E-state index contributed by atoms with van der Waals surface area (Å²) in [5.74, 6) is 0.707. The molecule has 5 heteroatoms. The second kappa shape index (κ2) is 8.43. The average molecular weight is 379 g/mol. The third kappa shape index (κ3) is 3.83. The van der Waals surface area contributed by atoms with Crippen LogP contribution in [0.3, 0.4) is 0 Å². The van der Waals surface area contributed by atoms with Gasteiger partial charge in [0.2, 0.25) is 0 Å². The highest BCUT2D eigenvalue weighted by atomic mass is 16.3. The van der Waals surface area contributed by atoms with Gasteiger partial charge in [0.15, 0.2) is 0 Å². The van der Waals surface area contributed by atoms with Crippen LogP contribution in [-0.4, -0.2) is 45.7 Å². The van der Waals surface area contributed by atoms with Crippen molar-refractivity contribution in [3.63, 3.8) is 0 Å². The first kappa shape index (κ1) is 19.1. The molecule has 148 valence electrons. The van der Waals surface area contributed by atoms with Gasteiger partial charge in [-0.2, -0.15) is 0 Å². The molecule has 2 N–H and O–H groups in total. The molecule has 1 saturated heterocycles. The number of nitrogens with one attached hydrogen (secondary N) is 1. The SMILES string of the molecule is CCc1ccc2c(c1)C(Cn1ccnc1CO)=CC(C)=CC2N1CCNCC1. The normalized spacial score (nSPS) is 20.3. The molecule has 1 aliphatic carbocycles. The zero-order valence-corrected chi connectivity index (χ0v) is 16.9. The maximum Gasteiger partial charge on any atom is 0.134 e. The number of allylic oxidation sites excluding steroid dienone is 3. The standard InChI is InChI=1S/C23H30N4O/c1-3-18-4-5-20-21(14-18)19(15-27-11-8-25-23(27)16-28)12-17(2)13-22(20)26-9-6-24-7-10-26/h4-5,8,11-14,22,24,28H,3,6-7,9-10,15-16H2,1-2H3. The van der Waals surface area contributed by atoms with E-state index in [1.807, 2.05) is 10.8 Å². The van der Waals surface area contributed by atoms with E-state index in [4.69, 9.17) is 0 Å². The molecule has 1 aromatic carbocycles. The zero-order valence-electron chi connectivity index (χ0n) is 16.9. The summed E-state index contributed by atoms with van der Waals surface area (Å²) in [4.78, 5) is 6.86. The number of benzene rings is 1. The maximum absolute atomic E-state index is 9.61. The van der Waals surface area contributed by atoms with Gasteiger partial charge in [-0.1, -0.05) is 42.8 Å². The molecule has 0 bridgehead atoms. The molecular weight excluding hydrogens is 348 g/mol. The van der Waals surface area contributed by atoms with E-state index in [9.17, 15) is 5.11 Å².